The van der Waals surface area contributed by atoms with E-state index in [9.17, 15) is 9.59 Å². The molecule has 31 heavy (non-hydrogen) atoms. The van der Waals surface area contributed by atoms with E-state index in [0.29, 0.717) is 0 Å². The van der Waals surface area contributed by atoms with Crippen LogP contribution in [0.25, 0.3) is 0 Å². The summed E-state index contributed by atoms with van der Waals surface area (Å²) in [4.78, 5) is 31.6. The molecule has 1 aromatic carbocycles. The third-order valence-corrected chi connectivity index (χ3v) is 5.09. The van der Waals surface area contributed by atoms with Crippen molar-refractivity contribution < 1.29 is 9.59 Å². The number of carbonyl (C=O) groups is 2. The van der Waals surface area contributed by atoms with Gasteiger partial charge in [-0.15, -0.1) is 37.2 Å². The fourth-order valence-electron chi connectivity index (χ4n) is 3.44. The molecule has 10 heteroatoms. The molecule has 1 aliphatic heterocycles. The van der Waals surface area contributed by atoms with Crippen molar-refractivity contribution >= 4 is 54.7 Å². The Morgan fingerprint density at radius 1 is 1.00 bits per heavy atom. The van der Waals surface area contributed by atoms with Crippen molar-refractivity contribution in [2.75, 3.05) is 31.1 Å². The van der Waals surface area contributed by atoms with Gasteiger partial charge in [-0.1, -0.05) is 24.3 Å². The molecule has 1 aliphatic rings. The molecule has 0 saturated carbocycles. The first kappa shape index (κ1) is 28.9. The molecule has 0 bridgehead atoms. The maximum atomic E-state index is 11.4. The molecular weight excluding hydrogens is 461 g/mol. The molecule has 0 spiro atoms. The number of hydrazine groups is 1. The summed E-state index contributed by atoms with van der Waals surface area (Å²) in [7, 11) is 0. The molecule has 1 fully saturated rings. The first-order chi connectivity index (χ1) is 13.5. The zero-order valence-electron chi connectivity index (χ0n) is 17.5. The van der Waals surface area contributed by atoms with Crippen molar-refractivity contribution in [3.63, 3.8) is 0 Å². The van der Waals surface area contributed by atoms with E-state index >= 15 is 0 Å². The highest BCUT2D eigenvalue weighted by Crippen LogP contribution is 2.17. The molecule has 1 saturated heterocycles. The predicted molar refractivity (Wildman–Crippen MR) is 130 cm³/mol. The Balaban J connectivity index is 0.00000300. The molecule has 0 radical (unpaired) electrons. The SMILES string of the molecule is CC(=O)N1CCN(c2ccc(CCc3cccc(CC(=O)NN)c3)nc2)CC1.Cl.Cl.Cl. The van der Waals surface area contributed by atoms with Gasteiger partial charge < -0.3 is 9.80 Å². The Morgan fingerprint density at radius 3 is 2.26 bits per heavy atom. The van der Waals surface area contributed by atoms with Gasteiger partial charge in [-0.25, -0.2) is 5.84 Å². The van der Waals surface area contributed by atoms with Crippen LogP contribution in [0.3, 0.4) is 0 Å². The third kappa shape index (κ3) is 8.53. The van der Waals surface area contributed by atoms with Crippen LogP contribution in [0.5, 0.6) is 0 Å². The van der Waals surface area contributed by atoms with Gasteiger partial charge in [0.15, 0.2) is 0 Å². The highest BCUT2D eigenvalue weighted by atomic mass is 35.5. The average Bonchev–Trinajstić information content (AvgIpc) is 2.73. The van der Waals surface area contributed by atoms with Crippen LogP contribution in [-0.2, 0) is 28.9 Å². The lowest BCUT2D eigenvalue weighted by Crippen LogP contribution is -2.48. The van der Waals surface area contributed by atoms with E-state index in [4.69, 9.17) is 5.84 Å². The molecule has 1 aromatic heterocycles. The maximum Gasteiger partial charge on any atom is 0.238 e. The number of piperazine rings is 1. The van der Waals surface area contributed by atoms with E-state index in [2.05, 4.69) is 33.5 Å². The number of aryl methyl sites for hydroxylation is 2. The number of nitrogens with zero attached hydrogens (tertiary/aromatic N) is 3. The molecule has 0 atom stereocenters. The minimum atomic E-state index is -0.196. The van der Waals surface area contributed by atoms with Gasteiger partial charge in [0.2, 0.25) is 11.8 Å². The van der Waals surface area contributed by atoms with Crippen LogP contribution in [0.2, 0.25) is 0 Å². The summed E-state index contributed by atoms with van der Waals surface area (Å²) in [5.74, 6) is 5.09. The first-order valence-corrected chi connectivity index (χ1v) is 9.58. The summed E-state index contributed by atoms with van der Waals surface area (Å²) in [5, 5.41) is 0. The van der Waals surface area contributed by atoms with Crippen molar-refractivity contribution in [2.24, 2.45) is 5.84 Å². The van der Waals surface area contributed by atoms with Gasteiger partial charge >= 0.3 is 0 Å². The van der Waals surface area contributed by atoms with Gasteiger partial charge in [0.1, 0.15) is 0 Å². The zero-order chi connectivity index (χ0) is 19.9. The highest BCUT2D eigenvalue weighted by Gasteiger charge is 2.18. The number of nitrogens with one attached hydrogen (secondary N) is 1. The molecule has 0 aliphatic carbocycles. The van der Waals surface area contributed by atoms with Crippen LogP contribution in [0.1, 0.15) is 23.7 Å². The Kier molecular flexibility index (Phi) is 13.2. The molecule has 2 amide bonds. The van der Waals surface area contributed by atoms with Crippen molar-refractivity contribution in [2.45, 2.75) is 26.2 Å². The summed E-state index contributed by atoms with van der Waals surface area (Å²) >= 11 is 0. The number of nitrogens with two attached hydrogens (primary N) is 1. The second-order valence-electron chi connectivity index (χ2n) is 7.07. The maximum absolute atomic E-state index is 11.4. The largest absolute Gasteiger partial charge is 0.367 e. The van der Waals surface area contributed by atoms with Gasteiger partial charge in [-0.3, -0.25) is 20.0 Å². The fraction of sp³-hybridized carbons (Fsp3) is 0.381. The van der Waals surface area contributed by atoms with E-state index in [0.717, 1.165) is 56.0 Å². The lowest BCUT2D eigenvalue weighted by atomic mass is 10.0. The lowest BCUT2D eigenvalue weighted by molar-refractivity contribution is -0.129. The minimum Gasteiger partial charge on any atom is -0.367 e. The highest BCUT2D eigenvalue weighted by molar-refractivity contribution is 5.86. The van der Waals surface area contributed by atoms with Crippen LogP contribution in [-0.4, -0.2) is 47.9 Å². The minimum absolute atomic E-state index is 0. The molecule has 3 N–H and O–H groups in total. The van der Waals surface area contributed by atoms with Crippen LogP contribution in [0.15, 0.2) is 42.6 Å². The summed E-state index contributed by atoms with van der Waals surface area (Å²) < 4.78 is 0. The Bertz CT molecular complexity index is 828. The van der Waals surface area contributed by atoms with Gasteiger partial charge in [0.25, 0.3) is 0 Å². The summed E-state index contributed by atoms with van der Waals surface area (Å²) in [6.07, 6.45) is 3.90. The quantitative estimate of drug-likeness (QED) is 0.368. The molecular formula is C21H30Cl3N5O2. The van der Waals surface area contributed by atoms with Crippen molar-refractivity contribution in [3.8, 4) is 0 Å². The monoisotopic (exact) mass is 489 g/mol. The van der Waals surface area contributed by atoms with Crippen molar-refractivity contribution in [3.05, 3.63) is 59.4 Å². The summed E-state index contributed by atoms with van der Waals surface area (Å²) in [6, 6.07) is 12.2. The lowest BCUT2D eigenvalue weighted by Gasteiger charge is -2.35. The number of carbonyl (C=O) groups excluding carboxylic acids is 2. The molecule has 0 unspecified atom stereocenters. The normalized spacial score (nSPS) is 12.7. The molecule has 7 nitrogen and oxygen atoms in total. The summed E-state index contributed by atoms with van der Waals surface area (Å²) in [6.45, 7) is 4.81. The third-order valence-electron chi connectivity index (χ3n) is 5.09. The van der Waals surface area contributed by atoms with Gasteiger partial charge in [-0.05, 0) is 36.1 Å². The Morgan fingerprint density at radius 2 is 1.68 bits per heavy atom. The van der Waals surface area contributed by atoms with Gasteiger partial charge in [-0.2, -0.15) is 0 Å². The second kappa shape index (κ2) is 14.1. The van der Waals surface area contributed by atoms with E-state index in [1.165, 1.54) is 5.56 Å². The van der Waals surface area contributed by atoms with Crippen LogP contribution >= 0.6 is 37.2 Å². The fourth-order valence-corrected chi connectivity index (χ4v) is 3.44. The molecule has 3 rings (SSSR count). The number of halogens is 3. The second-order valence-corrected chi connectivity index (χ2v) is 7.07. The van der Waals surface area contributed by atoms with Crippen molar-refractivity contribution in [1.82, 2.24) is 15.3 Å². The van der Waals surface area contributed by atoms with Crippen molar-refractivity contribution in [1.29, 1.82) is 0 Å². The van der Waals surface area contributed by atoms with E-state index in [1.54, 1.807) is 6.92 Å². The Hall–Kier alpha value is -2.06. The Labute approximate surface area is 202 Å². The smallest absolute Gasteiger partial charge is 0.238 e. The van der Waals surface area contributed by atoms with E-state index in [1.807, 2.05) is 29.3 Å². The van der Waals surface area contributed by atoms with Gasteiger partial charge in [0.05, 0.1) is 18.3 Å². The standard InChI is InChI=1S/C21H27N5O2.3ClH/c1-16(27)25-9-11-26(12-10-25)20-8-7-19(23-15-20)6-5-17-3-2-4-18(13-17)14-21(28)24-22;;;/h2-4,7-8,13,15H,5-6,9-12,14,22H2,1H3,(H,24,28);3*1H. The number of hydrogen-bond donors (Lipinski definition) is 2. The van der Waals surface area contributed by atoms with E-state index < -0.39 is 0 Å². The van der Waals surface area contributed by atoms with Crippen LogP contribution < -0.4 is 16.2 Å². The number of rotatable bonds is 6. The number of anilines is 1. The number of benzene rings is 1. The summed E-state index contributed by atoms with van der Waals surface area (Å²) in [5.41, 5.74) is 6.42. The topological polar surface area (TPSA) is 91.6 Å². The predicted octanol–water partition coefficient (Wildman–Crippen LogP) is 2.33. The number of pyridine rings is 1. The average molecular weight is 491 g/mol. The number of hydrogen-bond acceptors (Lipinski definition) is 5. The van der Waals surface area contributed by atoms with E-state index in [-0.39, 0.29) is 55.5 Å². The van der Waals surface area contributed by atoms with Crippen LogP contribution in [0.4, 0.5) is 5.69 Å². The first-order valence-electron chi connectivity index (χ1n) is 9.58. The molecule has 2 heterocycles. The number of amides is 2. The molecule has 172 valence electrons. The zero-order valence-corrected chi connectivity index (χ0v) is 19.9. The van der Waals surface area contributed by atoms with Crippen LogP contribution in [0, 0.1) is 0 Å². The van der Waals surface area contributed by atoms with Gasteiger partial charge in [0, 0.05) is 38.8 Å². The molecule has 2 aromatic rings. The number of aromatic nitrogens is 1.